The summed E-state index contributed by atoms with van der Waals surface area (Å²) in [5.74, 6) is -7.11. The molecule has 0 aromatic heterocycles. The van der Waals surface area contributed by atoms with Crippen molar-refractivity contribution in [1.29, 1.82) is 0 Å². The minimum Gasteiger partial charge on any atom is -0.253 e. The van der Waals surface area contributed by atoms with Crippen molar-refractivity contribution in [2.45, 2.75) is 13.0 Å². The summed E-state index contributed by atoms with van der Waals surface area (Å²) in [7, 11) is 0.919. The summed E-state index contributed by atoms with van der Waals surface area (Å²) in [5.41, 5.74) is -1.32. The Bertz CT molecular complexity index is 345. The van der Waals surface area contributed by atoms with Crippen LogP contribution in [0.4, 0.5) is 22.0 Å². The number of rotatable bonds is 1. The zero-order valence-electron chi connectivity index (χ0n) is 7.47. The van der Waals surface area contributed by atoms with E-state index in [0.717, 1.165) is 14.8 Å². The first-order valence-electron chi connectivity index (χ1n) is 3.84. The predicted molar refractivity (Wildman–Crippen MR) is 43.4 cm³/mol. The molecule has 6 heteroatoms. The molecule has 1 atom stereocenters. The minimum absolute atomic E-state index is 0.545. The molecule has 0 heterocycles. The van der Waals surface area contributed by atoms with Gasteiger partial charge in [0.05, 0.1) is 6.07 Å². The maximum absolute atomic E-state index is 12.9. The van der Waals surface area contributed by atoms with Crippen molar-refractivity contribution in [2.75, 3.05) is 0 Å². The lowest BCUT2D eigenvalue weighted by Gasteiger charge is -2.10. The Balaban J connectivity index is 3.60. The molecule has 0 amide bonds. The standard InChI is InChI=1S/C8H6BF5/c1-2-3(8(9)14)5(11)7(13)6(12)4(2)10/h8H,9H2,1H3/t8-/m0/s1. The van der Waals surface area contributed by atoms with Crippen molar-refractivity contribution in [3.05, 3.63) is 34.4 Å². The largest absolute Gasteiger partial charge is 0.253 e. The normalized spacial score (nSPS) is 13.0. The molecule has 14 heavy (non-hydrogen) atoms. The highest BCUT2D eigenvalue weighted by Gasteiger charge is 2.25. The van der Waals surface area contributed by atoms with Crippen molar-refractivity contribution in [3.63, 3.8) is 0 Å². The fourth-order valence-corrected chi connectivity index (χ4v) is 1.23. The first kappa shape index (κ1) is 11.0. The summed E-state index contributed by atoms with van der Waals surface area (Å²) >= 11 is 0. The van der Waals surface area contributed by atoms with E-state index in [9.17, 15) is 22.0 Å². The van der Waals surface area contributed by atoms with E-state index in [-0.39, 0.29) is 0 Å². The third kappa shape index (κ3) is 1.49. The van der Waals surface area contributed by atoms with Crippen LogP contribution in [-0.4, -0.2) is 7.85 Å². The van der Waals surface area contributed by atoms with E-state index < -0.39 is 40.5 Å². The van der Waals surface area contributed by atoms with Crippen molar-refractivity contribution in [3.8, 4) is 0 Å². The summed E-state index contributed by atoms with van der Waals surface area (Å²) in [5, 5.41) is 0. The Morgan fingerprint density at radius 2 is 1.36 bits per heavy atom. The Labute approximate surface area is 78.1 Å². The van der Waals surface area contributed by atoms with E-state index in [1.165, 1.54) is 0 Å². The van der Waals surface area contributed by atoms with E-state index in [4.69, 9.17) is 0 Å². The number of alkyl halides is 1. The van der Waals surface area contributed by atoms with E-state index in [1.54, 1.807) is 0 Å². The maximum atomic E-state index is 12.9. The van der Waals surface area contributed by atoms with Gasteiger partial charge in [0, 0.05) is 5.56 Å². The highest BCUT2D eigenvalue weighted by molar-refractivity contribution is 6.11. The molecule has 1 rings (SSSR count). The van der Waals surface area contributed by atoms with Crippen molar-refractivity contribution >= 4 is 7.85 Å². The quantitative estimate of drug-likeness (QED) is 0.287. The Hall–Kier alpha value is -1.07. The van der Waals surface area contributed by atoms with E-state index in [0.29, 0.717) is 0 Å². The van der Waals surface area contributed by atoms with Crippen LogP contribution in [-0.2, 0) is 0 Å². The van der Waals surface area contributed by atoms with Gasteiger partial charge in [0.25, 0.3) is 0 Å². The molecule has 0 aliphatic rings. The van der Waals surface area contributed by atoms with Gasteiger partial charge in [0.1, 0.15) is 0 Å². The molecule has 0 unspecified atom stereocenters. The van der Waals surface area contributed by atoms with Gasteiger partial charge < -0.3 is 0 Å². The summed E-state index contributed by atoms with van der Waals surface area (Å²) in [6, 6.07) is 0. The lowest BCUT2D eigenvalue weighted by molar-refractivity contribution is 0.377. The van der Waals surface area contributed by atoms with Crippen LogP contribution in [0.25, 0.3) is 0 Å². The van der Waals surface area contributed by atoms with E-state index >= 15 is 0 Å². The second-order valence-corrected chi connectivity index (χ2v) is 2.91. The molecule has 0 aliphatic heterocycles. The zero-order chi connectivity index (χ0) is 11.0. The summed E-state index contributed by atoms with van der Waals surface area (Å²) < 4.78 is 63.7. The average Bonchev–Trinajstić information content (AvgIpc) is 2.11. The van der Waals surface area contributed by atoms with Gasteiger partial charge >= 0.3 is 0 Å². The molecule has 0 bridgehead atoms. The second kappa shape index (κ2) is 3.59. The molecular formula is C8H6BF5. The van der Waals surface area contributed by atoms with Crippen molar-refractivity contribution < 1.29 is 22.0 Å². The molecule has 0 saturated heterocycles. The number of hydrogen-bond donors (Lipinski definition) is 0. The zero-order valence-corrected chi connectivity index (χ0v) is 7.47. The van der Waals surface area contributed by atoms with Crippen LogP contribution >= 0.6 is 0 Å². The van der Waals surface area contributed by atoms with Crippen LogP contribution in [0.2, 0.25) is 0 Å². The molecule has 0 saturated carbocycles. The Morgan fingerprint density at radius 1 is 0.929 bits per heavy atom. The van der Waals surface area contributed by atoms with Crippen LogP contribution in [0.15, 0.2) is 0 Å². The third-order valence-corrected chi connectivity index (χ3v) is 1.95. The molecule has 0 nitrogen and oxygen atoms in total. The van der Waals surface area contributed by atoms with Gasteiger partial charge in [-0.1, -0.05) is 0 Å². The highest BCUT2D eigenvalue weighted by atomic mass is 19.2. The van der Waals surface area contributed by atoms with Crippen molar-refractivity contribution in [1.82, 2.24) is 0 Å². The van der Waals surface area contributed by atoms with Gasteiger partial charge in [-0.3, -0.25) is 4.39 Å². The monoisotopic (exact) mass is 208 g/mol. The van der Waals surface area contributed by atoms with Gasteiger partial charge in [0.2, 0.25) is 0 Å². The Kier molecular flexibility index (Phi) is 2.82. The second-order valence-electron chi connectivity index (χ2n) is 2.91. The molecule has 1 aromatic carbocycles. The lowest BCUT2D eigenvalue weighted by Crippen LogP contribution is -2.08. The van der Waals surface area contributed by atoms with Crippen LogP contribution in [0.3, 0.4) is 0 Å². The molecule has 76 valence electrons. The summed E-state index contributed by atoms with van der Waals surface area (Å²) in [6.07, 6.45) is -1.89. The first-order valence-corrected chi connectivity index (χ1v) is 3.84. The number of benzene rings is 1. The van der Waals surface area contributed by atoms with Crippen LogP contribution in [0.5, 0.6) is 0 Å². The molecule has 0 aliphatic carbocycles. The van der Waals surface area contributed by atoms with Crippen LogP contribution in [0.1, 0.15) is 17.2 Å². The van der Waals surface area contributed by atoms with Crippen LogP contribution < -0.4 is 0 Å². The maximum Gasteiger partial charge on any atom is 0.197 e. The fourth-order valence-electron chi connectivity index (χ4n) is 1.23. The lowest BCUT2D eigenvalue weighted by atomic mass is 9.90. The van der Waals surface area contributed by atoms with Gasteiger partial charge in [-0.2, -0.15) is 0 Å². The van der Waals surface area contributed by atoms with Crippen LogP contribution in [0, 0.1) is 30.2 Å². The molecule has 1 aromatic rings. The molecule has 0 radical (unpaired) electrons. The predicted octanol–water partition coefficient (Wildman–Crippen LogP) is 2.15. The van der Waals surface area contributed by atoms with Gasteiger partial charge in [-0.15, -0.1) is 0 Å². The number of hydrogen-bond acceptors (Lipinski definition) is 0. The SMILES string of the molecule is B[C@@H](F)c1c(C)c(F)c(F)c(F)c1F. The van der Waals surface area contributed by atoms with Gasteiger partial charge in [0.15, 0.2) is 31.1 Å². The Morgan fingerprint density at radius 3 is 1.79 bits per heavy atom. The topological polar surface area (TPSA) is 0 Å². The molecular weight excluding hydrogens is 202 g/mol. The first-order chi connectivity index (χ1) is 6.37. The number of halogens is 5. The van der Waals surface area contributed by atoms with Gasteiger partial charge in [-0.05, 0) is 12.5 Å². The molecule has 0 fully saturated rings. The third-order valence-electron chi connectivity index (χ3n) is 1.95. The average molecular weight is 208 g/mol. The minimum atomic E-state index is -1.98. The van der Waals surface area contributed by atoms with Crippen molar-refractivity contribution in [2.24, 2.45) is 0 Å². The van der Waals surface area contributed by atoms with E-state index in [2.05, 4.69) is 0 Å². The fraction of sp³-hybridized carbons (Fsp3) is 0.250. The molecule has 0 N–H and O–H groups in total. The van der Waals surface area contributed by atoms with Gasteiger partial charge in [-0.25, -0.2) is 17.6 Å². The highest BCUT2D eigenvalue weighted by Crippen LogP contribution is 2.28. The van der Waals surface area contributed by atoms with E-state index in [1.807, 2.05) is 0 Å². The summed E-state index contributed by atoms with van der Waals surface area (Å²) in [4.78, 5) is 0. The smallest absolute Gasteiger partial charge is 0.197 e. The summed E-state index contributed by atoms with van der Waals surface area (Å²) in [6.45, 7) is 0.992. The molecule has 0 spiro atoms.